The minimum Gasteiger partial charge on any atom is -0.441 e. The first-order valence-electron chi connectivity index (χ1n) is 6.91. The molecule has 5 nitrogen and oxygen atoms in total. The lowest BCUT2D eigenvalue weighted by Crippen LogP contribution is -2.17. The molecule has 5 heteroatoms. The fourth-order valence-electron chi connectivity index (χ4n) is 2.12. The predicted molar refractivity (Wildman–Crippen MR) is 72.8 cm³/mol. The quantitative estimate of drug-likeness (QED) is 0.808. The molecule has 19 heavy (non-hydrogen) atoms. The number of aromatic nitrogens is 3. The van der Waals surface area contributed by atoms with E-state index < -0.39 is 0 Å². The van der Waals surface area contributed by atoms with Gasteiger partial charge in [-0.1, -0.05) is 0 Å². The zero-order valence-corrected chi connectivity index (χ0v) is 11.5. The fourth-order valence-corrected chi connectivity index (χ4v) is 2.12. The van der Waals surface area contributed by atoms with Gasteiger partial charge in [0.2, 0.25) is 0 Å². The normalized spacial score (nSPS) is 15.1. The first-order chi connectivity index (χ1) is 9.24. The van der Waals surface area contributed by atoms with Crippen molar-refractivity contribution in [1.82, 2.24) is 20.1 Å². The Hall–Kier alpha value is -1.62. The Balaban J connectivity index is 1.57. The third kappa shape index (κ3) is 2.87. The van der Waals surface area contributed by atoms with Crippen LogP contribution in [0.25, 0.3) is 11.3 Å². The van der Waals surface area contributed by atoms with Crippen LogP contribution in [0.15, 0.2) is 16.8 Å². The SMILES string of the molecule is Cc1c(-c2cnc(CCCNC3CC3)o2)cnn1C. The molecule has 2 aromatic heterocycles. The Morgan fingerprint density at radius 1 is 1.42 bits per heavy atom. The van der Waals surface area contributed by atoms with Gasteiger partial charge >= 0.3 is 0 Å². The van der Waals surface area contributed by atoms with E-state index in [1.165, 1.54) is 12.8 Å². The second-order valence-corrected chi connectivity index (χ2v) is 5.22. The van der Waals surface area contributed by atoms with Crippen LogP contribution < -0.4 is 5.32 Å². The lowest BCUT2D eigenvalue weighted by atomic mass is 10.2. The fraction of sp³-hybridized carbons (Fsp3) is 0.571. The molecule has 1 N–H and O–H groups in total. The minimum atomic E-state index is 0.776. The van der Waals surface area contributed by atoms with Crippen molar-refractivity contribution >= 4 is 0 Å². The number of nitrogens with one attached hydrogen (secondary N) is 1. The number of hydrogen-bond donors (Lipinski definition) is 1. The van der Waals surface area contributed by atoms with E-state index in [0.29, 0.717) is 0 Å². The second kappa shape index (κ2) is 5.17. The average Bonchev–Trinajstić information content (AvgIpc) is 3.02. The highest BCUT2D eigenvalue weighted by Gasteiger charge is 2.19. The van der Waals surface area contributed by atoms with Gasteiger partial charge < -0.3 is 9.73 Å². The summed E-state index contributed by atoms with van der Waals surface area (Å²) in [5, 5.41) is 7.72. The largest absolute Gasteiger partial charge is 0.441 e. The van der Waals surface area contributed by atoms with Crippen molar-refractivity contribution in [2.75, 3.05) is 6.54 Å². The predicted octanol–water partition coefficient (Wildman–Crippen LogP) is 2.07. The summed E-state index contributed by atoms with van der Waals surface area (Å²) in [5.41, 5.74) is 2.12. The van der Waals surface area contributed by atoms with Crippen molar-refractivity contribution in [3.63, 3.8) is 0 Å². The molecule has 0 aliphatic heterocycles. The van der Waals surface area contributed by atoms with E-state index in [1.54, 1.807) is 6.20 Å². The molecule has 1 aliphatic rings. The van der Waals surface area contributed by atoms with Crippen LogP contribution in [0.5, 0.6) is 0 Å². The molecular formula is C14H20N4O. The van der Waals surface area contributed by atoms with Gasteiger partial charge in [-0.25, -0.2) is 4.98 Å². The van der Waals surface area contributed by atoms with E-state index in [9.17, 15) is 0 Å². The van der Waals surface area contributed by atoms with E-state index in [-0.39, 0.29) is 0 Å². The van der Waals surface area contributed by atoms with Gasteiger partial charge in [-0.15, -0.1) is 0 Å². The van der Waals surface area contributed by atoms with E-state index in [2.05, 4.69) is 15.4 Å². The van der Waals surface area contributed by atoms with Crippen LogP contribution in [0.2, 0.25) is 0 Å². The summed E-state index contributed by atoms with van der Waals surface area (Å²) in [6.45, 7) is 3.08. The van der Waals surface area contributed by atoms with E-state index >= 15 is 0 Å². The molecule has 0 saturated heterocycles. The summed E-state index contributed by atoms with van der Waals surface area (Å²) in [5.74, 6) is 1.63. The highest BCUT2D eigenvalue weighted by molar-refractivity contribution is 5.58. The molecule has 1 aliphatic carbocycles. The summed E-state index contributed by atoms with van der Waals surface area (Å²) < 4.78 is 7.64. The summed E-state index contributed by atoms with van der Waals surface area (Å²) in [7, 11) is 1.93. The zero-order chi connectivity index (χ0) is 13.2. The number of aryl methyl sites for hydroxylation is 2. The molecule has 102 valence electrons. The van der Waals surface area contributed by atoms with Crippen LogP contribution in [0.3, 0.4) is 0 Å². The molecule has 3 rings (SSSR count). The summed E-state index contributed by atoms with van der Waals surface area (Å²) in [6.07, 6.45) is 8.26. The molecule has 1 saturated carbocycles. The standard InChI is InChI=1S/C14H20N4O/c1-10-12(8-17-18(10)2)13-9-16-14(19-13)4-3-7-15-11-5-6-11/h8-9,11,15H,3-7H2,1-2H3. The van der Waals surface area contributed by atoms with Crippen LogP contribution in [-0.4, -0.2) is 27.4 Å². The maximum atomic E-state index is 5.79. The molecule has 0 spiro atoms. The number of rotatable bonds is 6. The first-order valence-corrected chi connectivity index (χ1v) is 6.91. The summed E-state index contributed by atoms with van der Waals surface area (Å²) >= 11 is 0. The van der Waals surface area contributed by atoms with Gasteiger partial charge in [0.05, 0.1) is 18.0 Å². The van der Waals surface area contributed by atoms with E-state index in [0.717, 1.165) is 48.3 Å². The van der Waals surface area contributed by atoms with Crippen LogP contribution in [0.4, 0.5) is 0 Å². The molecular weight excluding hydrogens is 240 g/mol. The smallest absolute Gasteiger partial charge is 0.194 e. The lowest BCUT2D eigenvalue weighted by molar-refractivity contribution is 0.491. The molecule has 2 heterocycles. The molecule has 0 bridgehead atoms. The van der Waals surface area contributed by atoms with E-state index in [4.69, 9.17) is 4.42 Å². The molecule has 0 atom stereocenters. The molecule has 1 fully saturated rings. The van der Waals surface area contributed by atoms with Gasteiger partial charge in [-0.05, 0) is 32.7 Å². The van der Waals surface area contributed by atoms with Gasteiger partial charge in [0.25, 0.3) is 0 Å². The van der Waals surface area contributed by atoms with Crippen LogP contribution in [0, 0.1) is 6.92 Å². The number of nitrogens with zero attached hydrogens (tertiary/aromatic N) is 3. The minimum absolute atomic E-state index is 0.776. The molecule has 0 amide bonds. The Morgan fingerprint density at radius 2 is 2.26 bits per heavy atom. The van der Waals surface area contributed by atoms with Crippen molar-refractivity contribution in [3.05, 3.63) is 24.0 Å². The van der Waals surface area contributed by atoms with Crippen molar-refractivity contribution in [2.45, 2.75) is 38.6 Å². The summed E-state index contributed by atoms with van der Waals surface area (Å²) in [4.78, 5) is 4.34. The molecule has 2 aromatic rings. The van der Waals surface area contributed by atoms with Gasteiger partial charge in [0, 0.05) is 25.2 Å². The Bertz CT molecular complexity index is 554. The summed E-state index contributed by atoms with van der Waals surface area (Å²) in [6, 6.07) is 0.776. The van der Waals surface area contributed by atoms with Crippen molar-refractivity contribution in [2.24, 2.45) is 7.05 Å². The number of oxazole rings is 1. The third-order valence-corrected chi connectivity index (χ3v) is 3.63. The maximum Gasteiger partial charge on any atom is 0.194 e. The van der Waals surface area contributed by atoms with Gasteiger partial charge in [0.15, 0.2) is 11.7 Å². The Morgan fingerprint density at radius 3 is 2.95 bits per heavy atom. The lowest BCUT2D eigenvalue weighted by Gasteiger charge is -2.00. The monoisotopic (exact) mass is 260 g/mol. The van der Waals surface area contributed by atoms with Crippen molar-refractivity contribution in [3.8, 4) is 11.3 Å². The van der Waals surface area contributed by atoms with Crippen molar-refractivity contribution < 1.29 is 4.42 Å². The van der Waals surface area contributed by atoms with Gasteiger partial charge in [-0.3, -0.25) is 4.68 Å². The second-order valence-electron chi connectivity index (χ2n) is 5.22. The topological polar surface area (TPSA) is 55.9 Å². The van der Waals surface area contributed by atoms with Gasteiger partial charge in [0.1, 0.15) is 0 Å². The van der Waals surface area contributed by atoms with Crippen LogP contribution in [-0.2, 0) is 13.5 Å². The van der Waals surface area contributed by atoms with E-state index in [1.807, 2.05) is 24.9 Å². The molecule has 0 radical (unpaired) electrons. The van der Waals surface area contributed by atoms with Crippen molar-refractivity contribution in [1.29, 1.82) is 0 Å². The Kier molecular flexibility index (Phi) is 3.38. The average molecular weight is 260 g/mol. The van der Waals surface area contributed by atoms with Gasteiger partial charge in [-0.2, -0.15) is 5.10 Å². The highest BCUT2D eigenvalue weighted by Crippen LogP contribution is 2.23. The van der Waals surface area contributed by atoms with Crippen LogP contribution >= 0.6 is 0 Å². The molecule has 0 unspecified atom stereocenters. The molecule has 0 aromatic carbocycles. The third-order valence-electron chi connectivity index (χ3n) is 3.63. The Labute approximate surface area is 113 Å². The highest BCUT2D eigenvalue weighted by atomic mass is 16.4. The van der Waals surface area contributed by atoms with Crippen LogP contribution in [0.1, 0.15) is 30.8 Å². The zero-order valence-electron chi connectivity index (χ0n) is 11.5. The number of hydrogen-bond acceptors (Lipinski definition) is 4. The first kappa shape index (κ1) is 12.4. The maximum absolute atomic E-state index is 5.79.